The van der Waals surface area contributed by atoms with Crippen LogP contribution in [0, 0.1) is 5.92 Å². The molecule has 0 aromatic heterocycles. The Morgan fingerprint density at radius 1 is 1.06 bits per heavy atom. The summed E-state index contributed by atoms with van der Waals surface area (Å²) in [5.41, 5.74) is 1.53. The fourth-order valence-corrected chi connectivity index (χ4v) is 3.02. The second-order valence-corrected chi connectivity index (χ2v) is 5.62. The average Bonchev–Trinajstić information content (AvgIpc) is 2.45. The van der Waals surface area contributed by atoms with Crippen LogP contribution in [0.1, 0.15) is 63.4 Å². The normalized spacial score (nSPS) is 23.2. The van der Waals surface area contributed by atoms with Gasteiger partial charge < -0.3 is 0 Å². The SMILES string of the molecule is CCCCCC[C@@H]1C=CC[C@@H](c2ccccc2)C1. The zero-order valence-corrected chi connectivity index (χ0v) is 11.6. The van der Waals surface area contributed by atoms with Crippen LogP contribution < -0.4 is 0 Å². The predicted molar refractivity (Wildman–Crippen MR) is 79.8 cm³/mol. The maximum absolute atomic E-state index is 2.46. The van der Waals surface area contributed by atoms with Crippen LogP contribution in [0.25, 0.3) is 0 Å². The minimum Gasteiger partial charge on any atom is -0.0877 e. The van der Waals surface area contributed by atoms with Crippen LogP contribution in [0.15, 0.2) is 42.5 Å². The molecule has 0 saturated carbocycles. The number of rotatable bonds is 6. The quantitative estimate of drug-likeness (QED) is 0.443. The highest BCUT2D eigenvalue weighted by Gasteiger charge is 2.18. The lowest BCUT2D eigenvalue weighted by atomic mass is 9.80. The van der Waals surface area contributed by atoms with E-state index in [0.717, 1.165) is 11.8 Å². The van der Waals surface area contributed by atoms with Gasteiger partial charge in [-0.2, -0.15) is 0 Å². The Balaban J connectivity index is 1.81. The van der Waals surface area contributed by atoms with Crippen molar-refractivity contribution in [2.45, 2.75) is 57.8 Å². The first-order valence-corrected chi connectivity index (χ1v) is 7.61. The first-order chi connectivity index (χ1) is 8.90. The molecule has 0 amide bonds. The number of unbranched alkanes of at least 4 members (excludes halogenated alkanes) is 3. The Morgan fingerprint density at radius 2 is 1.89 bits per heavy atom. The highest BCUT2D eigenvalue weighted by molar-refractivity contribution is 5.22. The molecule has 0 radical (unpaired) electrons. The number of hydrogen-bond acceptors (Lipinski definition) is 0. The summed E-state index contributed by atoms with van der Waals surface area (Å²) in [6.07, 6.45) is 14.4. The van der Waals surface area contributed by atoms with Gasteiger partial charge in [0.05, 0.1) is 0 Å². The van der Waals surface area contributed by atoms with E-state index in [1.807, 2.05) is 0 Å². The third-order valence-corrected chi connectivity index (χ3v) is 4.12. The van der Waals surface area contributed by atoms with Gasteiger partial charge >= 0.3 is 0 Å². The molecular formula is C18H26. The zero-order valence-electron chi connectivity index (χ0n) is 11.6. The molecule has 2 rings (SSSR count). The fraction of sp³-hybridized carbons (Fsp3) is 0.556. The Hall–Kier alpha value is -1.04. The second kappa shape index (κ2) is 7.41. The average molecular weight is 242 g/mol. The van der Waals surface area contributed by atoms with E-state index in [2.05, 4.69) is 49.4 Å². The minimum absolute atomic E-state index is 0.757. The summed E-state index contributed by atoms with van der Waals surface area (Å²) in [5, 5.41) is 0. The van der Waals surface area contributed by atoms with Crippen molar-refractivity contribution in [2.24, 2.45) is 5.92 Å². The summed E-state index contributed by atoms with van der Waals surface area (Å²) < 4.78 is 0. The van der Waals surface area contributed by atoms with Crippen molar-refractivity contribution in [3.05, 3.63) is 48.0 Å². The predicted octanol–water partition coefficient (Wildman–Crippen LogP) is 5.71. The summed E-state index contributed by atoms with van der Waals surface area (Å²) in [4.78, 5) is 0. The third-order valence-electron chi connectivity index (χ3n) is 4.12. The van der Waals surface area contributed by atoms with E-state index >= 15 is 0 Å². The van der Waals surface area contributed by atoms with Gasteiger partial charge in [-0.1, -0.05) is 75.1 Å². The summed E-state index contributed by atoms with van der Waals surface area (Å²) in [6.45, 7) is 2.28. The minimum atomic E-state index is 0.757. The highest BCUT2D eigenvalue weighted by atomic mass is 14.2. The van der Waals surface area contributed by atoms with E-state index in [1.165, 1.54) is 50.5 Å². The highest BCUT2D eigenvalue weighted by Crippen LogP contribution is 2.34. The van der Waals surface area contributed by atoms with E-state index in [0.29, 0.717) is 0 Å². The molecule has 1 aliphatic rings. The summed E-state index contributed by atoms with van der Waals surface area (Å²) in [7, 11) is 0. The molecule has 0 N–H and O–H groups in total. The van der Waals surface area contributed by atoms with Crippen molar-refractivity contribution in [1.82, 2.24) is 0 Å². The number of hydrogen-bond donors (Lipinski definition) is 0. The van der Waals surface area contributed by atoms with Crippen molar-refractivity contribution < 1.29 is 0 Å². The van der Waals surface area contributed by atoms with E-state index < -0.39 is 0 Å². The van der Waals surface area contributed by atoms with Crippen molar-refractivity contribution in [1.29, 1.82) is 0 Å². The summed E-state index contributed by atoms with van der Waals surface area (Å²) >= 11 is 0. The largest absolute Gasteiger partial charge is 0.0877 e. The van der Waals surface area contributed by atoms with Gasteiger partial charge in [0.1, 0.15) is 0 Å². The Morgan fingerprint density at radius 3 is 2.67 bits per heavy atom. The van der Waals surface area contributed by atoms with Crippen LogP contribution in [-0.2, 0) is 0 Å². The lowest BCUT2D eigenvalue weighted by molar-refractivity contribution is 0.438. The van der Waals surface area contributed by atoms with Crippen molar-refractivity contribution >= 4 is 0 Å². The van der Waals surface area contributed by atoms with Crippen molar-refractivity contribution in [3.63, 3.8) is 0 Å². The zero-order chi connectivity index (χ0) is 12.6. The van der Waals surface area contributed by atoms with Crippen LogP contribution in [0.5, 0.6) is 0 Å². The first-order valence-electron chi connectivity index (χ1n) is 7.61. The maximum Gasteiger partial charge on any atom is -0.0122 e. The third kappa shape index (κ3) is 4.01. The van der Waals surface area contributed by atoms with Gasteiger partial charge in [0.2, 0.25) is 0 Å². The van der Waals surface area contributed by atoms with Gasteiger partial charge in [-0.05, 0) is 36.7 Å². The number of benzene rings is 1. The molecule has 0 heterocycles. The monoisotopic (exact) mass is 242 g/mol. The topological polar surface area (TPSA) is 0 Å². The molecule has 1 aromatic carbocycles. The van der Waals surface area contributed by atoms with E-state index in [4.69, 9.17) is 0 Å². The van der Waals surface area contributed by atoms with E-state index in [9.17, 15) is 0 Å². The molecule has 0 aliphatic heterocycles. The van der Waals surface area contributed by atoms with Crippen molar-refractivity contribution in [3.8, 4) is 0 Å². The van der Waals surface area contributed by atoms with Crippen LogP contribution in [0.4, 0.5) is 0 Å². The Bertz CT molecular complexity index is 350. The Labute approximate surface area is 112 Å². The molecule has 1 aromatic rings. The van der Waals surface area contributed by atoms with Gasteiger partial charge in [0.15, 0.2) is 0 Å². The van der Waals surface area contributed by atoms with Gasteiger partial charge in [0, 0.05) is 0 Å². The van der Waals surface area contributed by atoms with E-state index in [1.54, 1.807) is 0 Å². The molecule has 98 valence electrons. The van der Waals surface area contributed by atoms with Gasteiger partial charge in [0.25, 0.3) is 0 Å². The summed E-state index contributed by atoms with van der Waals surface area (Å²) in [6, 6.07) is 11.0. The van der Waals surface area contributed by atoms with E-state index in [-0.39, 0.29) is 0 Å². The van der Waals surface area contributed by atoms with Crippen LogP contribution in [-0.4, -0.2) is 0 Å². The lowest BCUT2D eigenvalue weighted by Crippen LogP contribution is -2.10. The smallest absolute Gasteiger partial charge is 0.0122 e. The van der Waals surface area contributed by atoms with Gasteiger partial charge in [-0.3, -0.25) is 0 Å². The van der Waals surface area contributed by atoms with Crippen molar-refractivity contribution in [2.75, 3.05) is 0 Å². The molecule has 2 atom stereocenters. The summed E-state index contributed by atoms with van der Waals surface area (Å²) in [5.74, 6) is 1.58. The van der Waals surface area contributed by atoms with Crippen LogP contribution in [0.3, 0.4) is 0 Å². The molecule has 18 heavy (non-hydrogen) atoms. The maximum atomic E-state index is 2.46. The molecule has 0 spiro atoms. The fourth-order valence-electron chi connectivity index (χ4n) is 3.02. The lowest BCUT2D eigenvalue weighted by Gasteiger charge is -2.25. The van der Waals surface area contributed by atoms with Gasteiger partial charge in [-0.15, -0.1) is 0 Å². The van der Waals surface area contributed by atoms with Gasteiger partial charge in [-0.25, -0.2) is 0 Å². The molecule has 0 fully saturated rings. The standard InChI is InChI=1S/C18H26/c1-2-3-4-6-10-16-11-9-14-18(15-16)17-12-7-5-8-13-17/h5,7-9,11-13,16,18H,2-4,6,10,14-15H2,1H3/t16-,18-/m1/s1. The molecule has 0 heteroatoms. The molecule has 0 nitrogen and oxygen atoms in total. The molecule has 0 saturated heterocycles. The second-order valence-electron chi connectivity index (χ2n) is 5.62. The molecule has 0 bridgehead atoms. The van der Waals surface area contributed by atoms with Crippen LogP contribution >= 0.6 is 0 Å². The van der Waals surface area contributed by atoms with Crippen LogP contribution in [0.2, 0.25) is 0 Å². The molecule has 1 aliphatic carbocycles. The first kappa shape index (κ1) is 13.4. The Kier molecular flexibility index (Phi) is 5.51. The molecule has 0 unspecified atom stereocenters. The number of allylic oxidation sites excluding steroid dienone is 2. The molecular weight excluding hydrogens is 216 g/mol.